The minimum Gasteiger partial charge on any atom is -0.377 e. The Morgan fingerprint density at radius 1 is 1.21 bits per heavy atom. The van der Waals surface area contributed by atoms with Gasteiger partial charge in [-0.1, -0.05) is 32.9 Å². The predicted octanol–water partition coefficient (Wildman–Crippen LogP) is 3.17. The van der Waals surface area contributed by atoms with E-state index in [2.05, 4.69) is 41.7 Å². The van der Waals surface area contributed by atoms with E-state index >= 15 is 0 Å². The highest BCUT2D eigenvalue weighted by molar-refractivity contribution is 14.0. The van der Waals surface area contributed by atoms with Gasteiger partial charge in [-0.25, -0.2) is 0 Å². The van der Waals surface area contributed by atoms with E-state index in [1.807, 2.05) is 24.3 Å². The van der Waals surface area contributed by atoms with Crippen LogP contribution in [0, 0.1) is 11.3 Å². The van der Waals surface area contributed by atoms with Gasteiger partial charge in [-0.15, -0.1) is 24.0 Å². The first-order valence-electron chi connectivity index (χ1n) is 9.72. The largest absolute Gasteiger partial charge is 0.377 e. The van der Waals surface area contributed by atoms with Crippen molar-refractivity contribution in [1.29, 1.82) is 0 Å². The lowest BCUT2D eigenvalue weighted by Crippen LogP contribution is -2.47. The molecule has 1 aromatic carbocycles. The van der Waals surface area contributed by atoms with Gasteiger partial charge in [0.25, 0.3) is 5.91 Å². The fourth-order valence-electron chi connectivity index (χ4n) is 3.56. The van der Waals surface area contributed by atoms with Crippen LogP contribution in [0.25, 0.3) is 0 Å². The highest BCUT2D eigenvalue weighted by Crippen LogP contribution is 2.33. The van der Waals surface area contributed by atoms with Crippen LogP contribution in [0.4, 0.5) is 0 Å². The summed E-state index contributed by atoms with van der Waals surface area (Å²) >= 11 is 0. The second kappa shape index (κ2) is 11.6. The number of guanidine groups is 1. The van der Waals surface area contributed by atoms with Crippen molar-refractivity contribution in [3.05, 3.63) is 35.4 Å². The number of hydrogen-bond donors (Lipinski definition) is 3. The maximum atomic E-state index is 11.6. The van der Waals surface area contributed by atoms with Gasteiger partial charge in [0.2, 0.25) is 0 Å². The molecule has 1 amide bonds. The summed E-state index contributed by atoms with van der Waals surface area (Å²) in [5, 5.41) is 9.41. The van der Waals surface area contributed by atoms with Crippen LogP contribution in [0.5, 0.6) is 0 Å². The molecule has 0 spiro atoms. The van der Waals surface area contributed by atoms with Gasteiger partial charge < -0.3 is 20.7 Å². The summed E-state index contributed by atoms with van der Waals surface area (Å²) in [6.07, 6.45) is 2.55. The fourth-order valence-corrected chi connectivity index (χ4v) is 3.56. The third-order valence-corrected chi connectivity index (χ3v) is 4.96. The summed E-state index contributed by atoms with van der Waals surface area (Å²) in [6.45, 7) is 9.08. The number of benzene rings is 1. The first kappa shape index (κ1) is 24.7. The number of nitrogens with zero attached hydrogens (tertiary/aromatic N) is 1. The Hall–Kier alpha value is -1.35. The van der Waals surface area contributed by atoms with E-state index in [1.54, 1.807) is 14.1 Å². The number of halogens is 1. The molecule has 6 nitrogen and oxygen atoms in total. The standard InChI is InChI=1S/C21H34N4O2.HI/c1-21(2,3)18-17(7-6-12-27-18)14-25-20(23-5)24-13-15-8-10-16(11-9-15)19(26)22-4;/h8-11,17-18H,6-7,12-14H2,1-5H3,(H,22,26)(H2,23,24,25);1H. The second-order valence-electron chi connectivity index (χ2n) is 8.14. The molecule has 28 heavy (non-hydrogen) atoms. The Labute approximate surface area is 186 Å². The molecular formula is C21H35IN4O2. The number of rotatable bonds is 5. The average molecular weight is 502 g/mol. The summed E-state index contributed by atoms with van der Waals surface area (Å²) in [5.74, 6) is 1.18. The Kier molecular flexibility index (Phi) is 10.2. The van der Waals surface area contributed by atoms with E-state index in [-0.39, 0.29) is 41.4 Å². The molecule has 2 rings (SSSR count). The predicted molar refractivity (Wildman–Crippen MR) is 125 cm³/mol. The molecule has 2 unspecified atom stereocenters. The molecule has 158 valence electrons. The van der Waals surface area contributed by atoms with E-state index in [1.165, 1.54) is 6.42 Å². The number of nitrogens with one attached hydrogen (secondary N) is 3. The first-order valence-corrected chi connectivity index (χ1v) is 9.72. The van der Waals surface area contributed by atoms with Crippen LogP contribution in [-0.4, -0.2) is 45.2 Å². The maximum Gasteiger partial charge on any atom is 0.251 e. The number of hydrogen-bond acceptors (Lipinski definition) is 3. The summed E-state index contributed by atoms with van der Waals surface area (Å²) in [6, 6.07) is 7.57. The smallest absolute Gasteiger partial charge is 0.251 e. The van der Waals surface area contributed by atoms with Crippen molar-refractivity contribution in [3.63, 3.8) is 0 Å². The molecule has 0 saturated carbocycles. The van der Waals surface area contributed by atoms with Gasteiger partial charge in [-0.2, -0.15) is 0 Å². The monoisotopic (exact) mass is 502 g/mol. The van der Waals surface area contributed by atoms with E-state index < -0.39 is 0 Å². The summed E-state index contributed by atoms with van der Waals surface area (Å²) < 4.78 is 6.06. The lowest BCUT2D eigenvalue weighted by molar-refractivity contribution is -0.0835. The van der Waals surface area contributed by atoms with Crippen molar-refractivity contribution in [2.75, 3.05) is 27.2 Å². The SMILES string of the molecule is CN=C(NCc1ccc(C(=O)NC)cc1)NCC1CCCOC1C(C)(C)C.I. The minimum atomic E-state index is -0.0740. The zero-order chi connectivity index (χ0) is 19.9. The Balaban J connectivity index is 0.00000392. The third-order valence-electron chi connectivity index (χ3n) is 4.96. The first-order chi connectivity index (χ1) is 12.8. The Morgan fingerprint density at radius 3 is 2.46 bits per heavy atom. The normalized spacial score (nSPS) is 20.1. The molecule has 1 saturated heterocycles. The third kappa shape index (κ3) is 7.24. The summed E-state index contributed by atoms with van der Waals surface area (Å²) in [4.78, 5) is 15.9. The molecule has 0 aliphatic carbocycles. The molecule has 1 aromatic rings. The summed E-state index contributed by atoms with van der Waals surface area (Å²) in [7, 11) is 3.41. The molecule has 0 bridgehead atoms. The van der Waals surface area contributed by atoms with Crippen LogP contribution < -0.4 is 16.0 Å². The van der Waals surface area contributed by atoms with Crippen LogP contribution in [0.1, 0.15) is 49.5 Å². The van der Waals surface area contributed by atoms with Crippen molar-refractivity contribution >= 4 is 35.8 Å². The Bertz CT molecular complexity index is 641. The lowest BCUT2D eigenvalue weighted by atomic mass is 9.78. The van der Waals surface area contributed by atoms with Crippen molar-refractivity contribution in [1.82, 2.24) is 16.0 Å². The molecule has 1 aliphatic rings. The van der Waals surface area contributed by atoms with E-state index in [4.69, 9.17) is 4.74 Å². The zero-order valence-corrected chi connectivity index (χ0v) is 20.0. The second-order valence-corrected chi connectivity index (χ2v) is 8.14. The highest BCUT2D eigenvalue weighted by atomic mass is 127. The molecule has 7 heteroatoms. The molecule has 0 aromatic heterocycles. The molecule has 0 radical (unpaired) electrons. The highest BCUT2D eigenvalue weighted by Gasteiger charge is 2.35. The van der Waals surface area contributed by atoms with Gasteiger partial charge in [0, 0.05) is 45.3 Å². The van der Waals surface area contributed by atoms with Gasteiger partial charge in [0.1, 0.15) is 0 Å². The lowest BCUT2D eigenvalue weighted by Gasteiger charge is -2.40. The Morgan fingerprint density at radius 2 is 1.89 bits per heavy atom. The van der Waals surface area contributed by atoms with Gasteiger partial charge in [-0.3, -0.25) is 9.79 Å². The molecule has 1 fully saturated rings. The van der Waals surface area contributed by atoms with Gasteiger partial charge >= 0.3 is 0 Å². The minimum absolute atomic E-state index is 0. The van der Waals surface area contributed by atoms with Gasteiger partial charge in [-0.05, 0) is 36.0 Å². The van der Waals surface area contributed by atoms with Gasteiger partial charge in [0.05, 0.1) is 6.10 Å². The molecule has 1 heterocycles. The van der Waals surface area contributed by atoms with Crippen LogP contribution >= 0.6 is 24.0 Å². The van der Waals surface area contributed by atoms with Crippen molar-refractivity contribution < 1.29 is 9.53 Å². The van der Waals surface area contributed by atoms with Crippen LogP contribution in [-0.2, 0) is 11.3 Å². The maximum absolute atomic E-state index is 11.6. The number of carbonyl (C=O) groups is 1. The van der Waals surface area contributed by atoms with Crippen molar-refractivity contribution in [2.45, 2.75) is 46.3 Å². The van der Waals surface area contributed by atoms with E-state index in [0.717, 1.165) is 31.1 Å². The van der Waals surface area contributed by atoms with Crippen LogP contribution in [0.3, 0.4) is 0 Å². The van der Waals surface area contributed by atoms with E-state index in [9.17, 15) is 4.79 Å². The average Bonchev–Trinajstić information content (AvgIpc) is 2.67. The van der Waals surface area contributed by atoms with Crippen molar-refractivity contribution in [2.24, 2.45) is 16.3 Å². The summed E-state index contributed by atoms with van der Waals surface area (Å²) in [5.41, 5.74) is 1.89. The molecule has 3 N–H and O–H groups in total. The number of ether oxygens (including phenoxy) is 1. The van der Waals surface area contributed by atoms with Crippen molar-refractivity contribution in [3.8, 4) is 0 Å². The number of aliphatic imine (C=N–C) groups is 1. The van der Waals surface area contributed by atoms with Crippen LogP contribution in [0.2, 0.25) is 0 Å². The van der Waals surface area contributed by atoms with Crippen LogP contribution in [0.15, 0.2) is 29.3 Å². The number of carbonyl (C=O) groups excluding carboxylic acids is 1. The molecule has 2 atom stereocenters. The fraction of sp³-hybridized carbons (Fsp3) is 0.619. The van der Waals surface area contributed by atoms with Gasteiger partial charge in [0.15, 0.2) is 5.96 Å². The quantitative estimate of drug-likeness (QED) is 0.329. The van der Waals surface area contributed by atoms with E-state index in [0.29, 0.717) is 18.0 Å². The zero-order valence-electron chi connectivity index (χ0n) is 17.7. The molecular weight excluding hydrogens is 467 g/mol. The number of amides is 1. The topological polar surface area (TPSA) is 74.8 Å². The molecule has 1 aliphatic heterocycles.